The average molecular weight is 367 g/mol. The van der Waals surface area contributed by atoms with Crippen LogP contribution in [0.2, 0.25) is 0 Å². The molecule has 1 saturated heterocycles. The van der Waals surface area contributed by atoms with Crippen molar-refractivity contribution in [2.45, 2.75) is 5.92 Å². The summed E-state index contributed by atoms with van der Waals surface area (Å²) >= 11 is 0. The molecule has 1 aliphatic rings. The molecule has 0 N–H and O–H groups in total. The van der Waals surface area contributed by atoms with Crippen LogP contribution in [0.25, 0.3) is 11.6 Å². The highest BCUT2D eigenvalue weighted by Crippen LogP contribution is 2.30. The summed E-state index contributed by atoms with van der Waals surface area (Å²) in [6.07, 6.45) is 3.23. The number of carbonyl (C=O) groups is 1. The second-order valence-corrected chi connectivity index (χ2v) is 6.04. The van der Waals surface area contributed by atoms with E-state index in [1.807, 2.05) is 0 Å². The lowest BCUT2D eigenvalue weighted by molar-refractivity contribution is 0.0568. The predicted octanol–water partition coefficient (Wildman–Crippen LogP) is 1.78. The first-order valence-electron chi connectivity index (χ1n) is 8.31. The summed E-state index contributed by atoms with van der Waals surface area (Å²) in [5.41, 5.74) is 0.508. The Morgan fingerprint density at radius 1 is 1.07 bits per heavy atom. The number of benzene rings is 1. The van der Waals surface area contributed by atoms with Gasteiger partial charge in [0.1, 0.15) is 11.5 Å². The molecule has 1 fully saturated rings. The zero-order valence-corrected chi connectivity index (χ0v) is 14.8. The number of carbonyl (C=O) groups excluding carboxylic acids is 1. The summed E-state index contributed by atoms with van der Waals surface area (Å²) in [4.78, 5) is 26.9. The van der Waals surface area contributed by atoms with Crippen molar-refractivity contribution in [3.05, 3.63) is 48.1 Å². The van der Waals surface area contributed by atoms with E-state index in [1.54, 1.807) is 55.8 Å². The van der Waals surface area contributed by atoms with Crippen LogP contribution in [0.15, 0.2) is 41.2 Å². The number of amides is 1. The summed E-state index contributed by atoms with van der Waals surface area (Å²) in [7, 11) is 3.10. The molecule has 0 radical (unpaired) electrons. The summed E-state index contributed by atoms with van der Waals surface area (Å²) in [5, 5.41) is 3.92. The van der Waals surface area contributed by atoms with Crippen molar-refractivity contribution >= 4 is 5.91 Å². The van der Waals surface area contributed by atoms with Gasteiger partial charge in [-0.15, -0.1) is 0 Å². The fraction of sp³-hybridized carbons (Fsp3) is 0.278. The van der Waals surface area contributed by atoms with E-state index in [0.29, 0.717) is 47.7 Å². The fourth-order valence-electron chi connectivity index (χ4n) is 2.82. The standard InChI is InChI=1S/C18H17N5O4/c1-25-13-6-11(7-14(8-13)26-2)18(24)23-9-12(10-23)17-21-16(22-27-17)15-19-4-3-5-20-15/h3-8,12H,9-10H2,1-2H3. The van der Waals surface area contributed by atoms with Gasteiger partial charge in [-0.3, -0.25) is 4.79 Å². The Hall–Kier alpha value is -3.49. The van der Waals surface area contributed by atoms with Crippen LogP contribution in [-0.2, 0) is 0 Å². The molecule has 3 heterocycles. The third-order valence-corrected chi connectivity index (χ3v) is 4.32. The van der Waals surface area contributed by atoms with E-state index < -0.39 is 0 Å². The molecule has 0 aliphatic carbocycles. The van der Waals surface area contributed by atoms with Gasteiger partial charge in [-0.2, -0.15) is 4.98 Å². The van der Waals surface area contributed by atoms with Crippen molar-refractivity contribution in [3.8, 4) is 23.1 Å². The first-order chi connectivity index (χ1) is 13.2. The molecule has 9 heteroatoms. The maximum absolute atomic E-state index is 12.7. The molecular weight excluding hydrogens is 350 g/mol. The molecule has 0 spiro atoms. The van der Waals surface area contributed by atoms with Crippen molar-refractivity contribution in [2.24, 2.45) is 0 Å². The van der Waals surface area contributed by atoms with Crippen LogP contribution in [-0.4, -0.2) is 58.2 Å². The smallest absolute Gasteiger partial charge is 0.254 e. The minimum Gasteiger partial charge on any atom is -0.497 e. The van der Waals surface area contributed by atoms with Gasteiger partial charge in [-0.25, -0.2) is 9.97 Å². The van der Waals surface area contributed by atoms with E-state index in [0.717, 1.165) is 0 Å². The van der Waals surface area contributed by atoms with Gasteiger partial charge in [-0.05, 0) is 18.2 Å². The van der Waals surface area contributed by atoms with Gasteiger partial charge in [0.2, 0.25) is 17.5 Å². The second kappa shape index (κ2) is 7.02. The molecule has 9 nitrogen and oxygen atoms in total. The van der Waals surface area contributed by atoms with Crippen molar-refractivity contribution in [2.75, 3.05) is 27.3 Å². The highest BCUT2D eigenvalue weighted by molar-refractivity contribution is 5.95. The van der Waals surface area contributed by atoms with Crippen LogP contribution in [0.4, 0.5) is 0 Å². The first-order valence-corrected chi connectivity index (χ1v) is 8.31. The summed E-state index contributed by atoms with van der Waals surface area (Å²) in [5.74, 6) is 2.25. The van der Waals surface area contributed by atoms with Gasteiger partial charge in [0.15, 0.2) is 0 Å². The number of hydrogen-bond donors (Lipinski definition) is 0. The maximum atomic E-state index is 12.7. The topological polar surface area (TPSA) is 103 Å². The quantitative estimate of drug-likeness (QED) is 0.672. The number of ether oxygens (including phenoxy) is 2. The molecule has 27 heavy (non-hydrogen) atoms. The van der Waals surface area contributed by atoms with Crippen molar-refractivity contribution < 1.29 is 18.8 Å². The van der Waals surface area contributed by atoms with Gasteiger partial charge >= 0.3 is 0 Å². The number of hydrogen-bond acceptors (Lipinski definition) is 8. The third-order valence-electron chi connectivity index (χ3n) is 4.32. The van der Waals surface area contributed by atoms with Crippen molar-refractivity contribution in [3.63, 3.8) is 0 Å². The first kappa shape index (κ1) is 17.0. The molecule has 0 saturated carbocycles. The molecule has 0 unspecified atom stereocenters. The van der Waals surface area contributed by atoms with Crippen LogP contribution in [0.5, 0.6) is 11.5 Å². The van der Waals surface area contributed by atoms with E-state index in [-0.39, 0.29) is 11.8 Å². The molecule has 1 amide bonds. The highest BCUT2D eigenvalue weighted by atomic mass is 16.5. The predicted molar refractivity (Wildman–Crippen MR) is 93.5 cm³/mol. The van der Waals surface area contributed by atoms with Crippen LogP contribution < -0.4 is 9.47 Å². The van der Waals surface area contributed by atoms with Crippen LogP contribution in [0, 0.1) is 0 Å². The minimum absolute atomic E-state index is 0.00795. The number of aromatic nitrogens is 4. The Morgan fingerprint density at radius 3 is 2.37 bits per heavy atom. The van der Waals surface area contributed by atoms with Gasteiger partial charge < -0.3 is 18.9 Å². The van der Waals surface area contributed by atoms with Gasteiger partial charge in [0, 0.05) is 37.1 Å². The van der Waals surface area contributed by atoms with E-state index in [4.69, 9.17) is 14.0 Å². The minimum atomic E-state index is -0.102. The van der Waals surface area contributed by atoms with Gasteiger partial charge in [0.05, 0.1) is 20.1 Å². The van der Waals surface area contributed by atoms with E-state index in [1.165, 1.54) is 0 Å². The Labute approximate surface area is 155 Å². The van der Waals surface area contributed by atoms with Crippen molar-refractivity contribution in [1.29, 1.82) is 0 Å². The Morgan fingerprint density at radius 2 is 1.74 bits per heavy atom. The number of methoxy groups -OCH3 is 2. The van der Waals surface area contributed by atoms with Crippen LogP contribution in [0.1, 0.15) is 22.2 Å². The number of nitrogens with zero attached hydrogens (tertiary/aromatic N) is 5. The lowest BCUT2D eigenvalue weighted by Gasteiger charge is -2.37. The van der Waals surface area contributed by atoms with Crippen LogP contribution in [0.3, 0.4) is 0 Å². The second-order valence-electron chi connectivity index (χ2n) is 6.04. The molecule has 4 rings (SSSR count). The van der Waals surface area contributed by atoms with Crippen molar-refractivity contribution in [1.82, 2.24) is 25.0 Å². The van der Waals surface area contributed by atoms with E-state index >= 15 is 0 Å². The summed E-state index contributed by atoms with van der Waals surface area (Å²) in [6.45, 7) is 0.991. The normalized spacial score (nSPS) is 13.9. The molecule has 3 aromatic rings. The van der Waals surface area contributed by atoms with E-state index in [9.17, 15) is 4.79 Å². The lowest BCUT2D eigenvalue weighted by atomic mass is 9.98. The molecule has 0 atom stereocenters. The molecule has 0 bridgehead atoms. The Bertz CT molecular complexity index is 931. The SMILES string of the molecule is COc1cc(OC)cc(C(=O)N2CC(c3nc(-c4ncccn4)no3)C2)c1. The third kappa shape index (κ3) is 3.31. The summed E-state index contributed by atoms with van der Waals surface area (Å²) < 4.78 is 15.7. The number of likely N-dealkylation sites (tertiary alicyclic amines) is 1. The van der Waals surface area contributed by atoms with Crippen LogP contribution >= 0.6 is 0 Å². The van der Waals surface area contributed by atoms with Gasteiger partial charge in [0.25, 0.3) is 5.91 Å². The zero-order chi connectivity index (χ0) is 18.8. The molecule has 1 aromatic carbocycles. The molecule has 138 valence electrons. The summed E-state index contributed by atoms with van der Waals surface area (Å²) in [6, 6.07) is 6.82. The molecular formula is C18H17N5O4. The largest absolute Gasteiger partial charge is 0.497 e. The lowest BCUT2D eigenvalue weighted by Crippen LogP contribution is -2.48. The average Bonchev–Trinajstić information content (AvgIpc) is 3.16. The fourth-order valence-corrected chi connectivity index (χ4v) is 2.82. The Balaban J connectivity index is 1.44. The van der Waals surface area contributed by atoms with E-state index in [2.05, 4.69) is 20.1 Å². The maximum Gasteiger partial charge on any atom is 0.254 e. The van der Waals surface area contributed by atoms with Gasteiger partial charge in [-0.1, -0.05) is 5.16 Å². The monoisotopic (exact) mass is 367 g/mol. The zero-order valence-electron chi connectivity index (χ0n) is 14.8. The highest BCUT2D eigenvalue weighted by Gasteiger charge is 2.36. The number of rotatable bonds is 5. The molecule has 2 aromatic heterocycles. The molecule has 1 aliphatic heterocycles. The Kier molecular flexibility index (Phi) is 4.41.